The van der Waals surface area contributed by atoms with Gasteiger partial charge >= 0.3 is 12.0 Å². The van der Waals surface area contributed by atoms with Crippen LogP contribution in [0.5, 0.6) is 0 Å². The molecule has 0 radical (unpaired) electrons. The predicted octanol–water partition coefficient (Wildman–Crippen LogP) is 2.53. The lowest BCUT2D eigenvalue weighted by atomic mass is 9.77. The minimum absolute atomic E-state index is 0.155. The Morgan fingerprint density at radius 1 is 1.02 bits per heavy atom. The third-order valence-corrected chi connectivity index (χ3v) is 12.7. The van der Waals surface area contributed by atoms with Crippen LogP contribution < -0.4 is 11.1 Å². The highest BCUT2D eigenvalue weighted by Crippen LogP contribution is 2.42. The topological polar surface area (TPSA) is 212 Å². The number of nitrogens with two attached hydrogens (primary N) is 1. The number of nitrogens with one attached hydrogen (secondary N) is 1. The van der Waals surface area contributed by atoms with E-state index in [-0.39, 0.29) is 55.8 Å². The second kappa shape index (κ2) is 18.7. The molecule has 0 aromatic heterocycles. The Balaban J connectivity index is 2.17. The summed E-state index contributed by atoms with van der Waals surface area (Å²) in [5.41, 5.74) is 1.53. The molecule has 0 spiro atoms. The van der Waals surface area contributed by atoms with E-state index in [1.165, 1.54) is 11.8 Å². The van der Waals surface area contributed by atoms with Gasteiger partial charge in [-0.05, 0) is 80.2 Å². The maximum Gasteiger partial charge on any atom is 0.314 e. The summed E-state index contributed by atoms with van der Waals surface area (Å²) >= 11 is 0. The summed E-state index contributed by atoms with van der Waals surface area (Å²) < 4.78 is 38.3. The van der Waals surface area contributed by atoms with Crippen LogP contribution in [0.15, 0.2) is 0 Å². The number of ether oxygens (including phenoxy) is 6. The summed E-state index contributed by atoms with van der Waals surface area (Å²) in [6.45, 7) is 19.9. The lowest BCUT2D eigenvalue weighted by Gasteiger charge is -2.49. The summed E-state index contributed by atoms with van der Waals surface area (Å²) in [6, 6.07) is -1.48. The molecule has 0 saturated carbocycles. The molecular formula is C39H73N3O12. The number of hydrogen-bond acceptors (Lipinski definition) is 13. The fourth-order valence-corrected chi connectivity index (χ4v) is 9.11. The number of esters is 1. The molecule has 2 unspecified atom stereocenters. The van der Waals surface area contributed by atoms with Crippen LogP contribution in [-0.2, 0) is 33.2 Å². The van der Waals surface area contributed by atoms with Gasteiger partial charge in [0.05, 0.1) is 48.1 Å². The molecule has 3 heterocycles. The van der Waals surface area contributed by atoms with E-state index < -0.39 is 89.8 Å². The zero-order valence-corrected chi connectivity index (χ0v) is 35.0. The van der Waals surface area contributed by atoms with E-state index in [2.05, 4.69) is 5.32 Å². The van der Waals surface area contributed by atoms with Gasteiger partial charge in [0, 0.05) is 50.4 Å². The molecule has 3 rings (SSSR count). The van der Waals surface area contributed by atoms with Crippen LogP contribution in [0.1, 0.15) is 102 Å². The van der Waals surface area contributed by atoms with Crippen molar-refractivity contribution in [2.45, 2.75) is 180 Å². The number of nitrogens with zero attached hydrogens (tertiary/aromatic N) is 1. The van der Waals surface area contributed by atoms with Crippen LogP contribution in [0, 0.1) is 29.6 Å². The Hall–Kier alpha value is -1.66. The van der Waals surface area contributed by atoms with Crippen LogP contribution in [0.3, 0.4) is 0 Å². The highest BCUT2D eigenvalue weighted by atomic mass is 16.7. The SMILES string of the molecule is CC[C@H]1OC(=O)[C@H](C)[C@@H](O[C@H]2C[C@@](C)(OC)C(CO)[C@H](C)O2)[C@H](C)[C@@H](O[C@@H]2O[C@H](C)CC(N(C)C(N)=O)[C@H]2C)[C@](C)(O)C[C@@H](C)CN[C@H](C)[C@@H](O)[C@]1(C)O. The summed E-state index contributed by atoms with van der Waals surface area (Å²) in [7, 11) is 3.22. The van der Waals surface area contributed by atoms with Crippen molar-refractivity contribution in [3.8, 4) is 0 Å². The zero-order valence-electron chi connectivity index (χ0n) is 35.0. The Bertz CT molecular complexity index is 1230. The molecule has 15 heteroatoms. The number of carbonyl (C=O) groups is 2. The van der Waals surface area contributed by atoms with Gasteiger partial charge < -0.3 is 64.8 Å². The molecular weight excluding hydrogens is 702 g/mol. The molecule has 3 saturated heterocycles. The molecule has 18 atom stereocenters. The van der Waals surface area contributed by atoms with E-state index in [1.807, 2.05) is 41.5 Å². The van der Waals surface area contributed by atoms with Gasteiger partial charge in [0.1, 0.15) is 17.8 Å². The normalized spacial score (nSPS) is 47.6. The molecule has 54 heavy (non-hydrogen) atoms. The molecule has 0 bridgehead atoms. The monoisotopic (exact) mass is 776 g/mol. The van der Waals surface area contributed by atoms with E-state index in [0.29, 0.717) is 13.0 Å². The fraction of sp³-hybridized carbons (Fsp3) is 0.949. The lowest BCUT2D eigenvalue weighted by molar-refractivity contribution is -0.308. The van der Waals surface area contributed by atoms with Crippen LogP contribution in [-0.4, -0.2) is 143 Å². The smallest absolute Gasteiger partial charge is 0.314 e. The molecule has 316 valence electrons. The van der Waals surface area contributed by atoms with Gasteiger partial charge in [0.15, 0.2) is 12.6 Å². The number of methoxy groups -OCH3 is 1. The van der Waals surface area contributed by atoms with E-state index in [4.69, 9.17) is 34.2 Å². The Morgan fingerprint density at radius 3 is 2.20 bits per heavy atom. The van der Waals surface area contributed by atoms with Crippen LogP contribution in [0.25, 0.3) is 0 Å². The van der Waals surface area contributed by atoms with E-state index in [1.54, 1.807) is 41.9 Å². The highest BCUT2D eigenvalue weighted by Gasteiger charge is 2.52. The number of rotatable bonds is 8. The quantitative estimate of drug-likeness (QED) is 0.196. The number of aliphatic hydroxyl groups excluding tert-OH is 2. The van der Waals surface area contributed by atoms with Crippen molar-refractivity contribution in [3.05, 3.63) is 0 Å². The summed E-state index contributed by atoms with van der Waals surface area (Å²) in [4.78, 5) is 28.0. The number of primary amides is 1. The average Bonchev–Trinajstić information content (AvgIpc) is 3.09. The summed E-state index contributed by atoms with van der Waals surface area (Å²) in [5, 5.41) is 49.0. The Kier molecular flexibility index (Phi) is 16.2. The molecule has 0 aromatic carbocycles. The second-order valence-corrected chi connectivity index (χ2v) is 17.4. The first-order valence-corrected chi connectivity index (χ1v) is 19.8. The first kappa shape index (κ1) is 46.7. The van der Waals surface area contributed by atoms with Crippen molar-refractivity contribution < 1.29 is 58.4 Å². The van der Waals surface area contributed by atoms with Crippen molar-refractivity contribution in [1.82, 2.24) is 10.2 Å². The van der Waals surface area contributed by atoms with Gasteiger partial charge in [-0.1, -0.05) is 27.7 Å². The number of aliphatic hydroxyl groups is 4. The number of hydrogen-bond donors (Lipinski definition) is 6. The third kappa shape index (κ3) is 10.4. The van der Waals surface area contributed by atoms with Crippen molar-refractivity contribution in [1.29, 1.82) is 0 Å². The minimum Gasteiger partial charge on any atom is -0.459 e. The number of carbonyl (C=O) groups excluding carboxylic acids is 2. The van der Waals surface area contributed by atoms with Crippen molar-refractivity contribution in [2.75, 3.05) is 27.3 Å². The van der Waals surface area contributed by atoms with Gasteiger partial charge in [0.2, 0.25) is 0 Å². The van der Waals surface area contributed by atoms with Crippen LogP contribution in [0.4, 0.5) is 4.79 Å². The molecule has 0 aromatic rings. The van der Waals surface area contributed by atoms with Crippen molar-refractivity contribution >= 4 is 12.0 Å². The molecule has 7 N–H and O–H groups in total. The maximum atomic E-state index is 14.2. The van der Waals surface area contributed by atoms with Gasteiger partial charge in [0.25, 0.3) is 0 Å². The largest absolute Gasteiger partial charge is 0.459 e. The highest BCUT2D eigenvalue weighted by molar-refractivity contribution is 5.73. The van der Waals surface area contributed by atoms with Crippen LogP contribution >= 0.6 is 0 Å². The summed E-state index contributed by atoms with van der Waals surface area (Å²) in [5.74, 6) is -3.25. The van der Waals surface area contributed by atoms with Crippen molar-refractivity contribution in [3.63, 3.8) is 0 Å². The predicted molar refractivity (Wildman–Crippen MR) is 201 cm³/mol. The third-order valence-electron chi connectivity index (χ3n) is 12.7. The molecule has 3 aliphatic rings. The maximum absolute atomic E-state index is 14.2. The Labute approximate surface area is 322 Å². The van der Waals surface area contributed by atoms with E-state index in [0.717, 1.165) is 0 Å². The molecule has 15 nitrogen and oxygen atoms in total. The minimum atomic E-state index is -1.81. The lowest BCUT2D eigenvalue weighted by Crippen LogP contribution is -2.59. The van der Waals surface area contributed by atoms with Gasteiger partial charge in [-0.15, -0.1) is 0 Å². The van der Waals surface area contributed by atoms with E-state index >= 15 is 0 Å². The first-order chi connectivity index (χ1) is 24.9. The van der Waals surface area contributed by atoms with E-state index in [9.17, 15) is 30.0 Å². The average molecular weight is 776 g/mol. The molecule has 3 fully saturated rings. The fourth-order valence-electron chi connectivity index (χ4n) is 9.11. The van der Waals surface area contributed by atoms with Gasteiger partial charge in [-0.3, -0.25) is 4.79 Å². The Morgan fingerprint density at radius 2 is 1.65 bits per heavy atom. The second-order valence-electron chi connectivity index (χ2n) is 17.4. The van der Waals surface area contributed by atoms with Crippen LogP contribution in [0.2, 0.25) is 0 Å². The van der Waals surface area contributed by atoms with Gasteiger partial charge in [-0.2, -0.15) is 0 Å². The molecule has 2 amide bonds. The molecule has 0 aliphatic carbocycles. The number of amides is 2. The zero-order chi connectivity index (χ0) is 41.1. The standard InChI is InChI=1S/C39H73N3O12/c1-14-29-39(11,48)32(44)25(7)41-18-20(2)16-37(9,47)33(54-35-22(4)28(15-21(3)50-35)42(12)36(40)46)23(5)31(24(6)34(45)52-29)53-30-17-38(10,49-13)27(19-43)26(8)51-30/h20-33,35,41,43-44,47-48H,14-19H2,1-13H3,(H2,40,46)/t20-,21-,22-,23+,24-,25-,26+,27?,28?,29-,30+,31+,32-,33-,35+,37-,38-,39-/m1/s1. The number of cyclic esters (lactones) is 1. The van der Waals surface area contributed by atoms with Crippen molar-refractivity contribution in [2.24, 2.45) is 35.3 Å². The number of urea groups is 1. The first-order valence-electron chi connectivity index (χ1n) is 19.8. The van der Waals surface area contributed by atoms with Gasteiger partial charge in [-0.25, -0.2) is 4.79 Å². The summed E-state index contributed by atoms with van der Waals surface area (Å²) in [6.07, 6.45) is -5.69. The molecule has 3 aliphatic heterocycles.